The van der Waals surface area contributed by atoms with Gasteiger partial charge in [0.2, 0.25) is 0 Å². The molecular formula is C22H27NO2. The molecule has 0 spiro atoms. The van der Waals surface area contributed by atoms with E-state index in [-0.39, 0.29) is 5.91 Å². The van der Waals surface area contributed by atoms with Crippen molar-refractivity contribution < 1.29 is 9.90 Å². The van der Waals surface area contributed by atoms with E-state index in [9.17, 15) is 9.90 Å². The normalized spacial score (nSPS) is 18.2. The third kappa shape index (κ3) is 3.93. The van der Waals surface area contributed by atoms with Gasteiger partial charge in [-0.1, -0.05) is 36.4 Å². The number of benzene rings is 2. The van der Waals surface area contributed by atoms with Gasteiger partial charge in [-0.25, -0.2) is 0 Å². The van der Waals surface area contributed by atoms with Gasteiger partial charge in [0.25, 0.3) is 5.91 Å². The van der Waals surface area contributed by atoms with Crippen LogP contribution in [0.2, 0.25) is 0 Å². The Hall–Kier alpha value is -2.13. The highest BCUT2D eigenvalue weighted by Crippen LogP contribution is 2.29. The molecular weight excluding hydrogens is 310 g/mol. The first-order valence-electron chi connectivity index (χ1n) is 9.04. The number of carbonyl (C=O) groups excluding carboxylic acids is 1. The van der Waals surface area contributed by atoms with Crippen LogP contribution in [-0.2, 0) is 5.60 Å². The highest BCUT2D eigenvalue weighted by Gasteiger charge is 2.26. The summed E-state index contributed by atoms with van der Waals surface area (Å²) in [5, 5.41) is 10.2. The number of aliphatic hydroxyl groups is 1. The maximum atomic E-state index is 13.0. The summed E-state index contributed by atoms with van der Waals surface area (Å²) in [6.45, 7) is 7.08. The van der Waals surface area contributed by atoms with Crippen LogP contribution in [0.25, 0.3) is 0 Å². The monoisotopic (exact) mass is 337 g/mol. The summed E-state index contributed by atoms with van der Waals surface area (Å²) in [5.74, 6) is 0.502. The minimum atomic E-state index is -0.894. The van der Waals surface area contributed by atoms with Crippen molar-refractivity contribution in [1.82, 2.24) is 4.90 Å². The van der Waals surface area contributed by atoms with Crippen molar-refractivity contribution in [3.63, 3.8) is 0 Å². The highest BCUT2D eigenvalue weighted by atomic mass is 16.3. The van der Waals surface area contributed by atoms with E-state index in [1.807, 2.05) is 36.1 Å². The van der Waals surface area contributed by atoms with E-state index in [0.717, 1.165) is 37.1 Å². The highest BCUT2D eigenvalue weighted by molar-refractivity contribution is 5.94. The molecule has 3 heteroatoms. The van der Waals surface area contributed by atoms with Gasteiger partial charge in [-0.2, -0.15) is 0 Å². The molecule has 2 aromatic carbocycles. The summed E-state index contributed by atoms with van der Waals surface area (Å²) in [6.07, 6.45) is 2.16. The number of hydrogen-bond donors (Lipinski definition) is 1. The topological polar surface area (TPSA) is 40.5 Å². The molecule has 0 bridgehead atoms. The van der Waals surface area contributed by atoms with E-state index in [1.54, 1.807) is 13.8 Å². The van der Waals surface area contributed by atoms with E-state index in [4.69, 9.17) is 0 Å². The largest absolute Gasteiger partial charge is 0.386 e. The standard InChI is InChI=1S/C22H27NO2/c1-16-14-18(11-12-20(16)22(2,3)25)21(24)23-13-7-10-19(15-23)17-8-5-4-6-9-17/h4-6,8-9,11-12,14,19,25H,7,10,13,15H2,1-3H3. The molecule has 1 saturated heterocycles. The molecule has 25 heavy (non-hydrogen) atoms. The Kier molecular flexibility index (Phi) is 4.96. The second-order valence-corrected chi connectivity index (χ2v) is 7.59. The number of rotatable bonds is 3. The Balaban J connectivity index is 1.78. The molecule has 1 heterocycles. The van der Waals surface area contributed by atoms with E-state index >= 15 is 0 Å². The minimum absolute atomic E-state index is 0.0889. The molecule has 0 aliphatic carbocycles. The fourth-order valence-corrected chi connectivity index (χ4v) is 3.82. The van der Waals surface area contributed by atoms with Crippen molar-refractivity contribution in [2.75, 3.05) is 13.1 Å². The number of carbonyl (C=O) groups is 1. The lowest BCUT2D eigenvalue weighted by Crippen LogP contribution is -2.39. The first-order chi connectivity index (χ1) is 11.9. The summed E-state index contributed by atoms with van der Waals surface area (Å²) in [7, 11) is 0. The van der Waals surface area contributed by atoms with Crippen molar-refractivity contribution in [1.29, 1.82) is 0 Å². The van der Waals surface area contributed by atoms with Crippen molar-refractivity contribution >= 4 is 5.91 Å². The predicted octanol–water partition coefficient (Wildman–Crippen LogP) is 4.24. The molecule has 1 aliphatic heterocycles. The average molecular weight is 337 g/mol. The zero-order chi connectivity index (χ0) is 18.0. The van der Waals surface area contributed by atoms with Crippen LogP contribution in [0.15, 0.2) is 48.5 Å². The smallest absolute Gasteiger partial charge is 0.253 e. The van der Waals surface area contributed by atoms with Crippen LogP contribution in [0.3, 0.4) is 0 Å². The summed E-state index contributed by atoms with van der Waals surface area (Å²) < 4.78 is 0. The summed E-state index contributed by atoms with van der Waals surface area (Å²) in [6, 6.07) is 16.1. The summed E-state index contributed by atoms with van der Waals surface area (Å²) in [4.78, 5) is 14.9. The third-order valence-corrected chi connectivity index (χ3v) is 5.11. The second-order valence-electron chi connectivity index (χ2n) is 7.59. The minimum Gasteiger partial charge on any atom is -0.386 e. The Morgan fingerprint density at radius 2 is 1.88 bits per heavy atom. The lowest BCUT2D eigenvalue weighted by Gasteiger charge is -2.33. The molecule has 0 radical (unpaired) electrons. The van der Waals surface area contributed by atoms with E-state index in [1.165, 1.54) is 5.56 Å². The van der Waals surface area contributed by atoms with Crippen LogP contribution in [0.5, 0.6) is 0 Å². The molecule has 1 N–H and O–H groups in total. The first-order valence-corrected chi connectivity index (χ1v) is 9.04. The molecule has 3 nitrogen and oxygen atoms in total. The maximum absolute atomic E-state index is 13.0. The van der Waals surface area contributed by atoms with E-state index in [0.29, 0.717) is 11.5 Å². The van der Waals surface area contributed by atoms with Crippen molar-refractivity contribution in [3.8, 4) is 0 Å². The Bertz CT molecular complexity index is 746. The Morgan fingerprint density at radius 1 is 1.16 bits per heavy atom. The van der Waals surface area contributed by atoms with Gasteiger partial charge >= 0.3 is 0 Å². The zero-order valence-corrected chi connectivity index (χ0v) is 15.3. The van der Waals surface area contributed by atoms with Gasteiger partial charge in [-0.3, -0.25) is 4.79 Å². The van der Waals surface area contributed by atoms with Gasteiger partial charge in [0.15, 0.2) is 0 Å². The molecule has 1 atom stereocenters. The van der Waals surface area contributed by atoms with Gasteiger partial charge in [-0.05, 0) is 62.4 Å². The molecule has 2 aromatic rings. The van der Waals surface area contributed by atoms with Gasteiger partial charge < -0.3 is 10.0 Å². The van der Waals surface area contributed by atoms with Crippen LogP contribution in [0.4, 0.5) is 0 Å². The van der Waals surface area contributed by atoms with Crippen LogP contribution < -0.4 is 0 Å². The molecule has 1 amide bonds. The molecule has 1 aliphatic rings. The van der Waals surface area contributed by atoms with Crippen LogP contribution in [0, 0.1) is 6.92 Å². The predicted molar refractivity (Wildman–Crippen MR) is 101 cm³/mol. The van der Waals surface area contributed by atoms with E-state index < -0.39 is 5.60 Å². The third-order valence-electron chi connectivity index (χ3n) is 5.11. The van der Waals surface area contributed by atoms with Crippen molar-refractivity contribution in [2.45, 2.75) is 45.1 Å². The molecule has 3 rings (SSSR count). The van der Waals surface area contributed by atoms with Gasteiger partial charge in [0, 0.05) is 24.6 Å². The van der Waals surface area contributed by atoms with Gasteiger partial charge in [0.05, 0.1) is 5.60 Å². The van der Waals surface area contributed by atoms with Gasteiger partial charge in [-0.15, -0.1) is 0 Å². The van der Waals surface area contributed by atoms with Crippen LogP contribution >= 0.6 is 0 Å². The first kappa shape index (κ1) is 17.7. The van der Waals surface area contributed by atoms with Crippen LogP contribution in [-0.4, -0.2) is 29.0 Å². The fraction of sp³-hybridized carbons (Fsp3) is 0.409. The SMILES string of the molecule is Cc1cc(C(=O)N2CCCC(c3ccccc3)C2)ccc1C(C)(C)O. The van der Waals surface area contributed by atoms with E-state index in [2.05, 4.69) is 24.3 Å². The fourth-order valence-electron chi connectivity index (χ4n) is 3.82. The summed E-state index contributed by atoms with van der Waals surface area (Å²) in [5.41, 5.74) is 2.95. The summed E-state index contributed by atoms with van der Waals surface area (Å²) >= 11 is 0. The number of hydrogen-bond acceptors (Lipinski definition) is 2. The second kappa shape index (κ2) is 7.01. The molecule has 132 valence electrons. The van der Waals surface area contributed by atoms with Crippen molar-refractivity contribution in [2.24, 2.45) is 0 Å². The number of aryl methyl sites for hydroxylation is 1. The molecule has 0 saturated carbocycles. The van der Waals surface area contributed by atoms with Gasteiger partial charge in [0.1, 0.15) is 0 Å². The lowest BCUT2D eigenvalue weighted by molar-refractivity contribution is 0.0702. The zero-order valence-electron chi connectivity index (χ0n) is 15.3. The maximum Gasteiger partial charge on any atom is 0.253 e. The lowest BCUT2D eigenvalue weighted by atomic mass is 9.89. The van der Waals surface area contributed by atoms with Crippen LogP contribution in [0.1, 0.15) is 59.7 Å². The number of piperidine rings is 1. The number of amides is 1. The Labute approximate surface area is 150 Å². The average Bonchev–Trinajstić information content (AvgIpc) is 2.61. The quantitative estimate of drug-likeness (QED) is 0.910. The number of nitrogens with zero attached hydrogens (tertiary/aromatic N) is 1. The van der Waals surface area contributed by atoms with Crippen molar-refractivity contribution in [3.05, 3.63) is 70.8 Å². The molecule has 1 unspecified atom stereocenters. The molecule has 1 fully saturated rings. The molecule has 0 aromatic heterocycles. The Morgan fingerprint density at radius 3 is 2.52 bits per heavy atom. The number of likely N-dealkylation sites (tertiary alicyclic amines) is 1.